The Morgan fingerprint density at radius 2 is 0.891 bits per heavy atom. The first kappa shape index (κ1) is 39.6. The second-order valence-electron chi connectivity index (χ2n) is 12.4. The molecule has 7 rings (SSSR count). The fraction of sp³-hybridized carbons (Fsp3) is 0.214. The Hall–Kier alpha value is -2.61. The molecule has 0 N–H and O–H groups in total. The predicted molar refractivity (Wildman–Crippen MR) is 209 cm³/mol. The predicted octanol–water partition coefficient (Wildman–Crippen LogP) is 13.1. The Kier molecular flexibility index (Phi) is 15.5. The molecular formula is C42H47Cl2SiZr-3. The SMILES string of the molecule is C[Si](C)=[Zr].Cc1cc(C)c2cc(C)[cH-]c2c1.Cc1cc(C)c2cc(C)[cH-]c2c1.Cc1cc2c(-c3ccccc3)cccc2[cH-]1.Cl.Cl. The van der Waals surface area contributed by atoms with Crippen LogP contribution < -0.4 is 0 Å². The van der Waals surface area contributed by atoms with Crippen molar-refractivity contribution in [1.82, 2.24) is 0 Å². The van der Waals surface area contributed by atoms with Gasteiger partial charge in [0.1, 0.15) is 0 Å². The second-order valence-corrected chi connectivity index (χ2v) is 21.8. The smallest absolute Gasteiger partial charge is 0.0279 e. The van der Waals surface area contributed by atoms with E-state index in [1.54, 1.807) is 23.3 Å². The Morgan fingerprint density at radius 1 is 0.478 bits per heavy atom. The minimum Gasteiger partial charge on any atom is -0.165 e. The molecule has 0 nitrogen and oxygen atoms in total. The summed E-state index contributed by atoms with van der Waals surface area (Å²) >= 11 is 1.74. The molecule has 7 aromatic rings. The zero-order valence-electron chi connectivity index (χ0n) is 28.7. The Bertz CT molecular complexity index is 1930. The molecule has 0 saturated carbocycles. The van der Waals surface area contributed by atoms with Crippen LogP contribution in [0.25, 0.3) is 43.4 Å². The molecule has 240 valence electrons. The Balaban J connectivity index is 0.000000225. The van der Waals surface area contributed by atoms with Crippen LogP contribution in [-0.2, 0) is 23.3 Å². The minimum atomic E-state index is 0. The number of hydrogen-bond acceptors (Lipinski definition) is 0. The summed E-state index contributed by atoms with van der Waals surface area (Å²) < 4.78 is 0. The molecule has 46 heavy (non-hydrogen) atoms. The van der Waals surface area contributed by atoms with Crippen molar-refractivity contribution in [2.75, 3.05) is 0 Å². The summed E-state index contributed by atoms with van der Waals surface area (Å²) in [5.74, 6) is 0. The van der Waals surface area contributed by atoms with E-state index in [-0.39, 0.29) is 30.2 Å². The Labute approximate surface area is 304 Å². The van der Waals surface area contributed by atoms with Crippen molar-refractivity contribution < 1.29 is 23.3 Å². The molecule has 0 aliphatic rings. The maximum atomic E-state index is 2.31. The molecule has 0 aliphatic carbocycles. The van der Waals surface area contributed by atoms with Crippen LogP contribution in [0.15, 0.2) is 109 Å². The van der Waals surface area contributed by atoms with Gasteiger partial charge in [0.25, 0.3) is 0 Å². The van der Waals surface area contributed by atoms with Gasteiger partial charge in [0.15, 0.2) is 0 Å². The summed E-state index contributed by atoms with van der Waals surface area (Å²) in [5, 5.41) is 8.25. The zero-order valence-corrected chi connectivity index (χ0v) is 33.8. The van der Waals surface area contributed by atoms with Crippen LogP contribution in [0.1, 0.15) is 38.9 Å². The fourth-order valence-electron chi connectivity index (χ4n) is 5.94. The quantitative estimate of drug-likeness (QED) is 0.116. The molecule has 7 aromatic carbocycles. The number of benzene rings is 4. The van der Waals surface area contributed by atoms with Crippen molar-refractivity contribution in [2.45, 2.75) is 61.6 Å². The summed E-state index contributed by atoms with van der Waals surface area (Å²) in [7, 11) is 0. The van der Waals surface area contributed by atoms with E-state index >= 15 is 0 Å². The van der Waals surface area contributed by atoms with Gasteiger partial charge in [-0.1, -0.05) is 97.1 Å². The van der Waals surface area contributed by atoms with Crippen LogP contribution in [0.5, 0.6) is 0 Å². The topological polar surface area (TPSA) is 0 Å². The first-order valence-electron chi connectivity index (χ1n) is 15.4. The van der Waals surface area contributed by atoms with Gasteiger partial charge in [-0.25, -0.2) is 0 Å². The zero-order chi connectivity index (χ0) is 32.0. The molecule has 0 bridgehead atoms. The molecular weight excluding hydrogens is 695 g/mol. The van der Waals surface area contributed by atoms with E-state index in [1.165, 1.54) is 82.4 Å². The van der Waals surface area contributed by atoms with Crippen LogP contribution in [0.4, 0.5) is 0 Å². The van der Waals surface area contributed by atoms with E-state index in [1.807, 2.05) is 0 Å². The van der Waals surface area contributed by atoms with Gasteiger partial charge in [-0.2, -0.15) is 18.2 Å². The summed E-state index contributed by atoms with van der Waals surface area (Å²) in [6.45, 7) is 19.7. The van der Waals surface area contributed by atoms with Crippen molar-refractivity contribution in [2.24, 2.45) is 0 Å². The molecule has 0 fully saturated rings. The molecule has 0 unspecified atom stereocenters. The van der Waals surface area contributed by atoms with Crippen LogP contribution in [0, 0.1) is 48.5 Å². The van der Waals surface area contributed by atoms with Gasteiger partial charge in [-0.05, 0) is 33.3 Å². The Morgan fingerprint density at radius 3 is 1.35 bits per heavy atom. The van der Waals surface area contributed by atoms with Crippen LogP contribution in [0.2, 0.25) is 13.1 Å². The van der Waals surface area contributed by atoms with E-state index in [2.05, 4.69) is 171 Å². The number of hydrogen-bond donors (Lipinski definition) is 0. The molecule has 0 radical (unpaired) electrons. The number of fused-ring (bicyclic) bond motifs is 3. The van der Waals surface area contributed by atoms with Crippen molar-refractivity contribution in [3.63, 3.8) is 0 Å². The number of aryl methyl sites for hydroxylation is 7. The molecule has 0 spiro atoms. The molecule has 0 atom stereocenters. The van der Waals surface area contributed by atoms with Gasteiger partial charge in [0, 0.05) is 0 Å². The maximum absolute atomic E-state index is 2.31. The van der Waals surface area contributed by atoms with E-state index in [0.717, 1.165) is 0 Å². The van der Waals surface area contributed by atoms with E-state index in [9.17, 15) is 0 Å². The van der Waals surface area contributed by atoms with Gasteiger partial charge in [0.2, 0.25) is 0 Å². The van der Waals surface area contributed by atoms with Crippen LogP contribution in [-0.4, -0.2) is 5.43 Å². The van der Waals surface area contributed by atoms with Crippen molar-refractivity contribution in [3.05, 3.63) is 148 Å². The molecule has 0 aromatic heterocycles. The fourth-order valence-corrected chi connectivity index (χ4v) is 5.94. The third kappa shape index (κ3) is 10.7. The summed E-state index contributed by atoms with van der Waals surface area (Å²) in [6, 6.07) is 39.5. The minimum absolute atomic E-state index is 0. The summed E-state index contributed by atoms with van der Waals surface area (Å²) in [6.07, 6.45) is 0. The van der Waals surface area contributed by atoms with Crippen LogP contribution in [0.3, 0.4) is 0 Å². The third-order valence-corrected chi connectivity index (χ3v) is 7.62. The normalized spacial score (nSPS) is 10.0. The molecule has 0 saturated heterocycles. The second kappa shape index (κ2) is 18.1. The van der Waals surface area contributed by atoms with Gasteiger partial charge < -0.3 is 0 Å². The number of halogens is 2. The number of rotatable bonds is 1. The van der Waals surface area contributed by atoms with Crippen molar-refractivity contribution in [3.8, 4) is 11.1 Å². The van der Waals surface area contributed by atoms with E-state index in [4.69, 9.17) is 0 Å². The van der Waals surface area contributed by atoms with Gasteiger partial charge in [0.05, 0.1) is 0 Å². The summed E-state index contributed by atoms with van der Waals surface area (Å²) in [4.78, 5) is 0. The molecule has 4 heteroatoms. The third-order valence-electron chi connectivity index (χ3n) is 7.62. The van der Waals surface area contributed by atoms with E-state index < -0.39 is 0 Å². The van der Waals surface area contributed by atoms with Crippen molar-refractivity contribution >= 4 is 62.6 Å². The van der Waals surface area contributed by atoms with Gasteiger partial charge in [-0.15, -0.1) is 116 Å². The maximum Gasteiger partial charge on any atom is -0.0279 e. The van der Waals surface area contributed by atoms with Gasteiger partial charge in [-0.3, -0.25) is 0 Å². The van der Waals surface area contributed by atoms with Crippen LogP contribution >= 0.6 is 24.8 Å². The van der Waals surface area contributed by atoms with E-state index in [0.29, 0.717) is 0 Å². The average Bonchev–Trinajstić information content (AvgIpc) is 3.64. The largest absolute Gasteiger partial charge is 0.165 e. The van der Waals surface area contributed by atoms with Crippen molar-refractivity contribution in [1.29, 1.82) is 0 Å². The molecule has 0 amide bonds. The monoisotopic (exact) mass is 739 g/mol. The van der Waals surface area contributed by atoms with Gasteiger partial charge >= 0.3 is 41.9 Å². The standard InChI is InChI=1S/C16H13.2C12H13.C2H6Si.2ClH.Zr/c1-12-10-14-8-5-9-15(16(14)11-12)13-6-3-2-4-7-13;2*1-8-4-10(3)12-7-9(2)6-11(12)5-8;1-3-2;;;/h2-11H,1H3;2*4-7H,1-3H3;1-2H3;2*1H;/q3*-1;;;;. The molecule has 0 aliphatic heterocycles. The average molecular weight is 742 g/mol. The summed E-state index contributed by atoms with van der Waals surface area (Å²) in [5.41, 5.74) is 12.4. The molecule has 0 heterocycles. The first-order chi connectivity index (χ1) is 20.9. The first-order valence-corrected chi connectivity index (χ1v) is 21.6.